The zero-order chi connectivity index (χ0) is 13.2. The number of aryl methyl sites for hydroxylation is 1. The molecule has 0 aliphatic rings. The lowest BCUT2D eigenvalue weighted by atomic mass is 10.4. The van der Waals surface area contributed by atoms with Gasteiger partial charge >= 0.3 is 6.18 Å². The first-order chi connectivity index (χ1) is 8.45. The predicted octanol–water partition coefficient (Wildman–Crippen LogP) is 2.51. The Hall–Kier alpha value is -1.64. The standard InChI is InChI=1S/C9H9F3N4OS/c1-5-15-7(17-16-5)2-3-13-8-14-4-6(18-8)9(10,11)12/h4H,2-3H2,1H3,(H,13,14). The molecule has 0 aromatic carbocycles. The summed E-state index contributed by atoms with van der Waals surface area (Å²) in [5, 5.41) is 6.60. The Labute approximate surface area is 104 Å². The first kappa shape index (κ1) is 12.8. The maximum absolute atomic E-state index is 12.3. The number of nitrogens with zero attached hydrogens (tertiary/aromatic N) is 3. The Morgan fingerprint density at radius 3 is 2.78 bits per heavy atom. The summed E-state index contributed by atoms with van der Waals surface area (Å²) in [4.78, 5) is 6.89. The highest BCUT2D eigenvalue weighted by Gasteiger charge is 2.33. The Kier molecular flexibility index (Phi) is 3.50. The van der Waals surface area contributed by atoms with Gasteiger partial charge in [-0.15, -0.1) is 0 Å². The van der Waals surface area contributed by atoms with E-state index in [9.17, 15) is 13.2 Å². The van der Waals surface area contributed by atoms with Crippen LogP contribution in [0.1, 0.15) is 16.6 Å². The van der Waals surface area contributed by atoms with Crippen molar-refractivity contribution in [2.75, 3.05) is 11.9 Å². The molecule has 0 saturated heterocycles. The molecule has 0 radical (unpaired) electrons. The number of nitrogens with one attached hydrogen (secondary N) is 1. The van der Waals surface area contributed by atoms with Crippen molar-refractivity contribution in [3.05, 3.63) is 22.8 Å². The lowest BCUT2D eigenvalue weighted by molar-refractivity contribution is -0.134. The molecule has 0 atom stereocenters. The fourth-order valence-corrected chi connectivity index (χ4v) is 1.91. The summed E-state index contributed by atoms with van der Waals surface area (Å²) in [7, 11) is 0. The highest BCUT2D eigenvalue weighted by atomic mass is 32.1. The molecule has 0 unspecified atom stereocenters. The third-order valence-corrected chi connectivity index (χ3v) is 2.97. The molecule has 0 bridgehead atoms. The molecule has 0 saturated carbocycles. The van der Waals surface area contributed by atoms with Crippen molar-refractivity contribution in [2.45, 2.75) is 19.5 Å². The minimum Gasteiger partial charge on any atom is -0.361 e. The number of hydrogen-bond donors (Lipinski definition) is 1. The van der Waals surface area contributed by atoms with Gasteiger partial charge in [0.2, 0.25) is 5.89 Å². The van der Waals surface area contributed by atoms with E-state index in [1.807, 2.05) is 0 Å². The van der Waals surface area contributed by atoms with Crippen LogP contribution in [-0.4, -0.2) is 21.7 Å². The summed E-state index contributed by atoms with van der Waals surface area (Å²) in [6.45, 7) is 2.07. The van der Waals surface area contributed by atoms with Gasteiger partial charge in [-0.05, 0) is 6.92 Å². The lowest BCUT2D eigenvalue weighted by Crippen LogP contribution is -2.04. The molecule has 0 spiro atoms. The summed E-state index contributed by atoms with van der Waals surface area (Å²) in [5.41, 5.74) is 0. The normalized spacial score (nSPS) is 11.8. The number of hydrogen-bond acceptors (Lipinski definition) is 6. The van der Waals surface area contributed by atoms with Crippen LogP contribution in [0.2, 0.25) is 0 Å². The molecule has 0 aliphatic carbocycles. The SMILES string of the molecule is Cc1noc(CCNc2ncc(C(F)(F)F)s2)n1. The Morgan fingerprint density at radius 2 is 2.22 bits per heavy atom. The fourth-order valence-electron chi connectivity index (χ4n) is 1.20. The predicted molar refractivity (Wildman–Crippen MR) is 58.3 cm³/mol. The maximum Gasteiger partial charge on any atom is 0.427 e. The average molecular weight is 278 g/mol. The Bertz CT molecular complexity index is 522. The van der Waals surface area contributed by atoms with Crippen LogP contribution in [0.25, 0.3) is 0 Å². The van der Waals surface area contributed by atoms with Gasteiger partial charge < -0.3 is 9.84 Å². The van der Waals surface area contributed by atoms with Crippen LogP contribution < -0.4 is 5.32 Å². The van der Waals surface area contributed by atoms with E-state index in [1.165, 1.54) is 0 Å². The molecule has 2 heterocycles. The second-order valence-corrected chi connectivity index (χ2v) is 4.47. The monoisotopic (exact) mass is 278 g/mol. The Balaban J connectivity index is 1.85. The van der Waals surface area contributed by atoms with Gasteiger partial charge in [0.25, 0.3) is 0 Å². The Morgan fingerprint density at radius 1 is 1.44 bits per heavy atom. The first-order valence-corrected chi connectivity index (χ1v) is 5.83. The summed E-state index contributed by atoms with van der Waals surface area (Å²) in [6.07, 6.45) is -3.10. The number of alkyl halides is 3. The highest BCUT2D eigenvalue weighted by Crippen LogP contribution is 2.34. The van der Waals surface area contributed by atoms with Crippen LogP contribution in [0.4, 0.5) is 18.3 Å². The third-order valence-electron chi connectivity index (χ3n) is 1.97. The molecule has 0 fully saturated rings. The summed E-state index contributed by atoms with van der Waals surface area (Å²) >= 11 is 0.566. The third kappa shape index (κ3) is 3.19. The summed E-state index contributed by atoms with van der Waals surface area (Å²) in [5.74, 6) is 0.964. The summed E-state index contributed by atoms with van der Waals surface area (Å²) < 4.78 is 41.8. The quantitative estimate of drug-likeness (QED) is 0.931. The molecule has 98 valence electrons. The van der Waals surface area contributed by atoms with Gasteiger partial charge in [-0.1, -0.05) is 16.5 Å². The van der Waals surface area contributed by atoms with Gasteiger partial charge in [-0.25, -0.2) is 4.98 Å². The van der Waals surface area contributed by atoms with Crippen LogP contribution in [-0.2, 0) is 12.6 Å². The van der Waals surface area contributed by atoms with Crippen molar-refractivity contribution in [1.29, 1.82) is 0 Å². The van der Waals surface area contributed by atoms with E-state index >= 15 is 0 Å². The van der Waals surface area contributed by atoms with E-state index in [4.69, 9.17) is 4.52 Å². The van der Waals surface area contributed by atoms with Crippen LogP contribution >= 0.6 is 11.3 Å². The fraction of sp³-hybridized carbons (Fsp3) is 0.444. The topological polar surface area (TPSA) is 63.8 Å². The zero-order valence-corrected chi connectivity index (χ0v) is 10.1. The molecular weight excluding hydrogens is 269 g/mol. The van der Waals surface area contributed by atoms with Crippen molar-refractivity contribution in [3.63, 3.8) is 0 Å². The van der Waals surface area contributed by atoms with E-state index in [1.54, 1.807) is 6.92 Å². The lowest BCUT2D eigenvalue weighted by Gasteiger charge is -2.00. The summed E-state index contributed by atoms with van der Waals surface area (Å²) in [6, 6.07) is 0. The second kappa shape index (κ2) is 4.92. The van der Waals surface area contributed by atoms with Gasteiger partial charge in [-0.3, -0.25) is 0 Å². The van der Waals surface area contributed by atoms with Crippen molar-refractivity contribution in [1.82, 2.24) is 15.1 Å². The second-order valence-electron chi connectivity index (χ2n) is 3.44. The van der Waals surface area contributed by atoms with Crippen molar-refractivity contribution >= 4 is 16.5 Å². The molecule has 18 heavy (non-hydrogen) atoms. The van der Waals surface area contributed by atoms with Crippen molar-refractivity contribution in [2.24, 2.45) is 0 Å². The van der Waals surface area contributed by atoms with Crippen molar-refractivity contribution in [3.8, 4) is 0 Å². The zero-order valence-electron chi connectivity index (χ0n) is 9.28. The van der Waals surface area contributed by atoms with Crippen LogP contribution in [0.15, 0.2) is 10.7 Å². The van der Waals surface area contributed by atoms with Gasteiger partial charge in [-0.2, -0.15) is 18.2 Å². The maximum atomic E-state index is 12.3. The van der Waals surface area contributed by atoms with E-state index in [2.05, 4.69) is 20.4 Å². The van der Waals surface area contributed by atoms with E-state index < -0.39 is 11.1 Å². The van der Waals surface area contributed by atoms with Gasteiger partial charge in [0.05, 0.1) is 6.20 Å². The van der Waals surface area contributed by atoms with Gasteiger partial charge in [0.15, 0.2) is 11.0 Å². The van der Waals surface area contributed by atoms with E-state index in [0.717, 1.165) is 6.20 Å². The molecule has 9 heteroatoms. The number of rotatable bonds is 4. The number of anilines is 1. The highest BCUT2D eigenvalue weighted by molar-refractivity contribution is 7.15. The molecule has 2 aromatic heterocycles. The molecule has 1 N–H and O–H groups in total. The molecule has 0 aliphatic heterocycles. The molecule has 2 aromatic rings. The van der Waals surface area contributed by atoms with Crippen LogP contribution in [0.3, 0.4) is 0 Å². The van der Waals surface area contributed by atoms with Gasteiger partial charge in [0, 0.05) is 13.0 Å². The molecule has 2 rings (SSSR count). The minimum atomic E-state index is -4.35. The van der Waals surface area contributed by atoms with E-state index in [-0.39, 0.29) is 5.13 Å². The minimum absolute atomic E-state index is 0.221. The molecular formula is C9H9F3N4OS. The van der Waals surface area contributed by atoms with Gasteiger partial charge in [0.1, 0.15) is 4.88 Å². The first-order valence-electron chi connectivity index (χ1n) is 5.01. The smallest absolute Gasteiger partial charge is 0.361 e. The van der Waals surface area contributed by atoms with Crippen molar-refractivity contribution < 1.29 is 17.7 Å². The van der Waals surface area contributed by atoms with Crippen LogP contribution in [0, 0.1) is 6.92 Å². The average Bonchev–Trinajstić information content (AvgIpc) is 2.87. The number of halogens is 3. The number of thiazole rings is 1. The van der Waals surface area contributed by atoms with E-state index in [0.29, 0.717) is 36.0 Å². The number of aromatic nitrogens is 3. The van der Waals surface area contributed by atoms with Crippen LogP contribution in [0.5, 0.6) is 0 Å². The largest absolute Gasteiger partial charge is 0.427 e. The molecule has 5 nitrogen and oxygen atoms in total. The molecule has 0 amide bonds.